The van der Waals surface area contributed by atoms with Crippen molar-refractivity contribution >= 4 is 29.1 Å². The number of nitrogens with zero attached hydrogens (tertiary/aromatic N) is 4. The van der Waals surface area contributed by atoms with E-state index in [-0.39, 0.29) is 22.5 Å². The van der Waals surface area contributed by atoms with Gasteiger partial charge in [-0.1, -0.05) is 36.7 Å². The standard InChI is InChI=1S/C17H18F3N5O2S/c1-3-4-5-12(15(26)21-13-8-10(2)27-24-13)28-16-23-22-14-7-6-11(9-25(14)16)17(18,19)20/h6-9,12H,3-5H2,1-2H3,(H,21,24,26). The number of hydrogen-bond donors (Lipinski definition) is 1. The molecule has 0 spiro atoms. The van der Waals surface area contributed by atoms with Gasteiger partial charge in [0.1, 0.15) is 5.76 Å². The number of anilines is 1. The van der Waals surface area contributed by atoms with Gasteiger partial charge in [-0.2, -0.15) is 13.2 Å². The SMILES string of the molecule is CCCCC(Sc1nnc2ccc(C(F)(F)F)cn12)C(=O)Nc1cc(C)on1. The lowest BCUT2D eigenvalue weighted by Crippen LogP contribution is -2.25. The van der Waals surface area contributed by atoms with Crippen LogP contribution in [0.15, 0.2) is 34.1 Å². The molecule has 0 saturated carbocycles. The summed E-state index contributed by atoms with van der Waals surface area (Å²) in [6.45, 7) is 3.69. The fourth-order valence-corrected chi connectivity index (χ4v) is 3.56. The van der Waals surface area contributed by atoms with E-state index in [1.807, 2.05) is 6.92 Å². The number of unbranched alkanes of at least 4 members (excludes halogenated alkanes) is 1. The monoisotopic (exact) mass is 413 g/mol. The summed E-state index contributed by atoms with van der Waals surface area (Å²) in [4.78, 5) is 12.7. The molecular formula is C17H18F3N5O2S. The number of carbonyl (C=O) groups is 1. The molecule has 28 heavy (non-hydrogen) atoms. The minimum Gasteiger partial charge on any atom is -0.360 e. The third-order valence-electron chi connectivity index (χ3n) is 3.94. The van der Waals surface area contributed by atoms with Gasteiger partial charge in [0.05, 0.1) is 10.8 Å². The van der Waals surface area contributed by atoms with Gasteiger partial charge in [-0.3, -0.25) is 9.20 Å². The lowest BCUT2D eigenvalue weighted by molar-refractivity contribution is -0.137. The summed E-state index contributed by atoms with van der Waals surface area (Å²) in [6, 6.07) is 3.79. The van der Waals surface area contributed by atoms with Crippen molar-refractivity contribution in [2.75, 3.05) is 5.32 Å². The highest BCUT2D eigenvalue weighted by molar-refractivity contribution is 8.00. The maximum atomic E-state index is 13.0. The average molecular weight is 413 g/mol. The fourth-order valence-electron chi connectivity index (χ4n) is 2.51. The molecule has 1 unspecified atom stereocenters. The Balaban J connectivity index is 1.84. The van der Waals surface area contributed by atoms with Crippen LogP contribution in [0.4, 0.5) is 19.0 Å². The molecule has 0 aliphatic carbocycles. The number of thioether (sulfide) groups is 1. The van der Waals surface area contributed by atoms with Crippen LogP contribution in [-0.4, -0.2) is 30.9 Å². The number of amides is 1. The maximum absolute atomic E-state index is 13.0. The Labute approximate surface area is 162 Å². The van der Waals surface area contributed by atoms with Gasteiger partial charge in [0, 0.05) is 12.3 Å². The molecule has 0 aliphatic heterocycles. The van der Waals surface area contributed by atoms with Crippen molar-refractivity contribution in [2.45, 2.75) is 49.7 Å². The van der Waals surface area contributed by atoms with Gasteiger partial charge in [-0.25, -0.2) is 0 Å². The smallest absolute Gasteiger partial charge is 0.360 e. The van der Waals surface area contributed by atoms with Gasteiger partial charge >= 0.3 is 6.18 Å². The number of aromatic nitrogens is 4. The van der Waals surface area contributed by atoms with Crippen molar-refractivity contribution in [1.29, 1.82) is 0 Å². The molecule has 0 saturated heterocycles. The molecule has 3 aromatic heterocycles. The van der Waals surface area contributed by atoms with Crippen molar-refractivity contribution in [1.82, 2.24) is 19.8 Å². The number of hydrogen-bond acceptors (Lipinski definition) is 6. The Hall–Kier alpha value is -2.56. The topological polar surface area (TPSA) is 85.3 Å². The van der Waals surface area contributed by atoms with Crippen LogP contribution in [0.3, 0.4) is 0 Å². The summed E-state index contributed by atoms with van der Waals surface area (Å²) >= 11 is 1.07. The van der Waals surface area contributed by atoms with Crippen LogP contribution < -0.4 is 5.32 Å². The molecule has 0 bridgehead atoms. The Morgan fingerprint density at radius 3 is 2.79 bits per heavy atom. The maximum Gasteiger partial charge on any atom is 0.417 e. The van der Waals surface area contributed by atoms with E-state index >= 15 is 0 Å². The molecule has 0 aromatic carbocycles. The largest absolute Gasteiger partial charge is 0.417 e. The van der Waals surface area contributed by atoms with Crippen LogP contribution in [0.2, 0.25) is 0 Å². The summed E-state index contributed by atoms with van der Waals surface area (Å²) in [5.41, 5.74) is -0.536. The normalized spacial score (nSPS) is 13.0. The molecule has 0 aliphatic rings. The number of halogens is 3. The van der Waals surface area contributed by atoms with Crippen LogP contribution in [0.1, 0.15) is 37.5 Å². The van der Waals surface area contributed by atoms with E-state index in [0.717, 1.165) is 36.9 Å². The van der Waals surface area contributed by atoms with Crippen LogP contribution in [0, 0.1) is 6.92 Å². The van der Waals surface area contributed by atoms with Crippen LogP contribution in [-0.2, 0) is 11.0 Å². The summed E-state index contributed by atoms with van der Waals surface area (Å²) in [7, 11) is 0. The van der Waals surface area contributed by atoms with Crippen LogP contribution in [0.5, 0.6) is 0 Å². The van der Waals surface area contributed by atoms with Crippen LogP contribution in [0.25, 0.3) is 5.65 Å². The molecule has 11 heteroatoms. The highest BCUT2D eigenvalue weighted by atomic mass is 32.2. The molecule has 1 amide bonds. The van der Waals surface area contributed by atoms with Gasteiger partial charge in [-0.05, 0) is 25.5 Å². The van der Waals surface area contributed by atoms with E-state index in [2.05, 4.69) is 20.7 Å². The summed E-state index contributed by atoms with van der Waals surface area (Å²) in [6.07, 6.45) is -1.38. The molecule has 1 atom stereocenters. The Bertz CT molecular complexity index is 969. The van der Waals surface area contributed by atoms with Gasteiger partial charge in [0.15, 0.2) is 16.6 Å². The van der Waals surface area contributed by atoms with Gasteiger partial charge in [0.2, 0.25) is 5.91 Å². The minimum atomic E-state index is -4.48. The zero-order valence-corrected chi connectivity index (χ0v) is 16.0. The summed E-state index contributed by atoms with van der Waals surface area (Å²) in [5.74, 6) is 0.515. The molecule has 0 fully saturated rings. The molecular weight excluding hydrogens is 395 g/mol. The van der Waals surface area contributed by atoms with E-state index in [4.69, 9.17) is 4.52 Å². The van der Waals surface area contributed by atoms with E-state index in [1.165, 1.54) is 10.5 Å². The molecule has 3 aromatic rings. The second kappa shape index (κ2) is 8.21. The van der Waals surface area contributed by atoms with Crippen LogP contribution >= 0.6 is 11.8 Å². The summed E-state index contributed by atoms with van der Waals surface area (Å²) in [5, 5.41) is 13.9. The molecule has 150 valence electrons. The second-order valence-electron chi connectivity index (χ2n) is 6.19. The Morgan fingerprint density at radius 1 is 1.36 bits per heavy atom. The van der Waals surface area contributed by atoms with E-state index in [9.17, 15) is 18.0 Å². The van der Waals surface area contributed by atoms with Crippen molar-refractivity contribution in [3.8, 4) is 0 Å². The molecule has 3 rings (SSSR count). The van der Waals surface area contributed by atoms with Crippen molar-refractivity contribution in [3.63, 3.8) is 0 Å². The summed E-state index contributed by atoms with van der Waals surface area (Å²) < 4.78 is 45.2. The zero-order valence-electron chi connectivity index (χ0n) is 15.2. The quantitative estimate of drug-likeness (QED) is 0.580. The number of rotatable bonds is 7. The second-order valence-corrected chi connectivity index (χ2v) is 7.36. The first-order valence-corrected chi connectivity index (χ1v) is 9.48. The van der Waals surface area contributed by atoms with Gasteiger partial charge in [-0.15, -0.1) is 10.2 Å². The lowest BCUT2D eigenvalue weighted by atomic mass is 10.2. The van der Waals surface area contributed by atoms with E-state index in [0.29, 0.717) is 12.2 Å². The third-order valence-corrected chi connectivity index (χ3v) is 5.16. The lowest BCUT2D eigenvalue weighted by Gasteiger charge is -2.14. The van der Waals surface area contributed by atoms with Gasteiger partial charge in [0.25, 0.3) is 0 Å². The highest BCUT2D eigenvalue weighted by Crippen LogP contribution is 2.32. The number of pyridine rings is 1. The fraction of sp³-hybridized carbons (Fsp3) is 0.412. The number of aryl methyl sites for hydroxylation is 1. The number of carbonyl (C=O) groups excluding carboxylic acids is 1. The first-order valence-electron chi connectivity index (χ1n) is 8.60. The first kappa shape index (κ1) is 20.2. The number of nitrogens with one attached hydrogen (secondary N) is 1. The average Bonchev–Trinajstić information content (AvgIpc) is 3.23. The minimum absolute atomic E-state index is 0.216. The molecule has 1 N–H and O–H groups in total. The third kappa shape index (κ3) is 4.64. The van der Waals surface area contributed by atoms with Crippen molar-refractivity contribution < 1.29 is 22.5 Å². The van der Waals surface area contributed by atoms with Gasteiger partial charge < -0.3 is 9.84 Å². The number of alkyl halides is 3. The van der Waals surface area contributed by atoms with Crippen molar-refractivity contribution in [3.05, 3.63) is 35.7 Å². The van der Waals surface area contributed by atoms with E-state index < -0.39 is 17.0 Å². The first-order chi connectivity index (χ1) is 13.3. The van der Waals surface area contributed by atoms with Crippen molar-refractivity contribution in [2.24, 2.45) is 0 Å². The molecule has 7 nitrogen and oxygen atoms in total. The zero-order chi connectivity index (χ0) is 20.3. The number of fused-ring (bicyclic) bond motifs is 1. The predicted molar refractivity (Wildman–Crippen MR) is 97.0 cm³/mol. The molecule has 0 radical (unpaired) electrons. The molecule has 3 heterocycles. The Morgan fingerprint density at radius 2 is 2.14 bits per heavy atom. The Kier molecular flexibility index (Phi) is 5.92. The van der Waals surface area contributed by atoms with E-state index in [1.54, 1.807) is 13.0 Å². The highest BCUT2D eigenvalue weighted by Gasteiger charge is 2.31. The predicted octanol–water partition coefficient (Wildman–Crippen LogP) is 4.33.